The Kier molecular flexibility index (Phi) is 11.8. The molecule has 0 heterocycles. The largest absolute Gasteiger partial charge is 1.00 e. The van der Waals surface area contributed by atoms with Gasteiger partial charge in [0.05, 0.1) is 24.6 Å². The lowest BCUT2D eigenvalue weighted by Crippen LogP contribution is -3.00. The molecule has 3 heteroatoms. The first-order valence-electron chi connectivity index (χ1n) is 4.65. The highest BCUT2D eigenvalue weighted by Gasteiger charge is 2.29. The number of rotatable bonds is 6. The first-order chi connectivity index (χ1) is 5.24. The lowest BCUT2D eigenvalue weighted by molar-refractivity contribution is -0.00000248. The van der Waals surface area contributed by atoms with Crippen molar-refractivity contribution in [3.8, 4) is 0 Å². The average Bonchev–Trinajstić information content (AvgIpc) is 2.08. The molecule has 0 rings (SSSR count). The Balaban J connectivity index is 0. The fourth-order valence-electron chi connectivity index (χ4n) is 1.54. The van der Waals surface area contributed by atoms with E-state index in [1.807, 2.05) is 0 Å². The summed E-state index contributed by atoms with van der Waals surface area (Å²) >= 11 is 3.51. The molecule has 76 valence electrons. The molecule has 0 aliphatic carbocycles. The van der Waals surface area contributed by atoms with Gasteiger partial charge in [0, 0.05) is 12.6 Å². The number of hydrogen-bond donors (Lipinski definition) is 0. The van der Waals surface area contributed by atoms with Gasteiger partial charge in [0.1, 0.15) is 0 Å². The van der Waals surface area contributed by atoms with Crippen molar-refractivity contribution < 1.29 is 17.0 Å². The number of halogens is 2. The molecule has 0 spiro atoms. The van der Waals surface area contributed by atoms with Gasteiger partial charge >= 0.3 is 0 Å². The van der Waals surface area contributed by atoms with Gasteiger partial charge in [0.2, 0.25) is 0 Å². The second-order valence-electron chi connectivity index (χ2n) is 3.06. The van der Waals surface area contributed by atoms with E-state index in [1.54, 1.807) is 0 Å². The van der Waals surface area contributed by atoms with Gasteiger partial charge < -0.3 is 17.0 Å². The SMILES string of the molecule is CC[P+](CC)(CC)CCCBr.[Br-]. The lowest BCUT2D eigenvalue weighted by atomic mass is 10.6. The molecule has 0 unspecified atom stereocenters. The van der Waals surface area contributed by atoms with Crippen LogP contribution >= 0.6 is 23.2 Å². The Morgan fingerprint density at radius 2 is 1.42 bits per heavy atom. The third-order valence-corrected chi connectivity index (χ3v) is 8.63. The van der Waals surface area contributed by atoms with Gasteiger partial charge in [0.25, 0.3) is 0 Å². The summed E-state index contributed by atoms with van der Waals surface area (Å²) in [6.07, 6.45) is 7.23. The van der Waals surface area contributed by atoms with Crippen molar-refractivity contribution >= 4 is 23.2 Å². The highest BCUT2D eigenvalue weighted by molar-refractivity contribution is 9.09. The summed E-state index contributed by atoms with van der Waals surface area (Å²) in [5.41, 5.74) is 0. The molecule has 0 aromatic heterocycles. The van der Waals surface area contributed by atoms with Gasteiger partial charge in [-0.1, -0.05) is 15.9 Å². The molecule has 0 aromatic rings. The first kappa shape index (κ1) is 15.8. The first-order valence-corrected chi connectivity index (χ1v) is 8.30. The van der Waals surface area contributed by atoms with Crippen LogP contribution in [0.3, 0.4) is 0 Å². The summed E-state index contributed by atoms with van der Waals surface area (Å²) in [6.45, 7) is 7.11. The fourth-order valence-corrected chi connectivity index (χ4v) is 5.37. The standard InChI is InChI=1S/C9H21BrP.BrH/c1-4-11(5-2,6-3)9-7-8-10;/h4-9H2,1-3H3;1H/q+1;/p-1. The Bertz CT molecular complexity index is 84.3. The fraction of sp³-hybridized carbons (Fsp3) is 1.00. The van der Waals surface area contributed by atoms with Gasteiger partial charge in [-0.3, -0.25) is 0 Å². The van der Waals surface area contributed by atoms with Crippen molar-refractivity contribution in [1.82, 2.24) is 0 Å². The molecule has 0 aromatic carbocycles. The van der Waals surface area contributed by atoms with E-state index in [4.69, 9.17) is 0 Å². The van der Waals surface area contributed by atoms with Crippen LogP contribution in [0.5, 0.6) is 0 Å². The number of alkyl halides is 1. The van der Waals surface area contributed by atoms with E-state index in [9.17, 15) is 0 Å². The van der Waals surface area contributed by atoms with Crippen molar-refractivity contribution in [3.05, 3.63) is 0 Å². The molecule has 0 atom stereocenters. The third kappa shape index (κ3) is 5.19. The molecule has 0 amide bonds. The molecule has 0 fully saturated rings. The molecule has 0 bridgehead atoms. The average molecular weight is 320 g/mol. The lowest BCUT2D eigenvalue weighted by Gasteiger charge is -2.22. The summed E-state index contributed by atoms with van der Waals surface area (Å²) in [6, 6.07) is 0. The molecule has 0 radical (unpaired) electrons. The van der Waals surface area contributed by atoms with Crippen molar-refractivity contribution in [1.29, 1.82) is 0 Å². The molecule has 0 nitrogen and oxygen atoms in total. The predicted octanol–water partition coefficient (Wildman–Crippen LogP) is 0.853. The Labute approximate surface area is 97.1 Å². The maximum atomic E-state index is 3.51. The topological polar surface area (TPSA) is 0 Å². The highest BCUT2D eigenvalue weighted by atomic mass is 79.9. The van der Waals surface area contributed by atoms with Gasteiger partial charge in [-0.2, -0.15) is 0 Å². The van der Waals surface area contributed by atoms with Crippen LogP contribution in [0.2, 0.25) is 0 Å². The van der Waals surface area contributed by atoms with Gasteiger partial charge in [-0.25, -0.2) is 0 Å². The summed E-state index contributed by atoms with van der Waals surface area (Å²) < 4.78 is 0. The zero-order valence-corrected chi connectivity index (χ0v) is 12.5. The van der Waals surface area contributed by atoms with Crippen LogP contribution in [0.4, 0.5) is 0 Å². The Hall–Kier alpha value is 1.39. The van der Waals surface area contributed by atoms with Crippen LogP contribution in [-0.4, -0.2) is 30.0 Å². The zero-order valence-electron chi connectivity index (χ0n) is 8.45. The maximum absolute atomic E-state index is 3.51. The predicted molar refractivity (Wildman–Crippen MR) is 61.8 cm³/mol. The monoisotopic (exact) mass is 318 g/mol. The molecular weight excluding hydrogens is 299 g/mol. The van der Waals surface area contributed by atoms with Crippen molar-refractivity contribution in [2.24, 2.45) is 0 Å². The summed E-state index contributed by atoms with van der Waals surface area (Å²) in [7, 11) is -0.485. The van der Waals surface area contributed by atoms with Crippen LogP contribution in [-0.2, 0) is 0 Å². The van der Waals surface area contributed by atoms with E-state index in [-0.39, 0.29) is 17.0 Å². The smallest absolute Gasteiger partial charge is 0.0602 e. The number of hydrogen-bond acceptors (Lipinski definition) is 0. The van der Waals surface area contributed by atoms with Crippen LogP contribution < -0.4 is 17.0 Å². The van der Waals surface area contributed by atoms with E-state index in [0.29, 0.717) is 0 Å². The quantitative estimate of drug-likeness (QED) is 0.503. The zero-order chi connectivity index (χ0) is 8.74. The van der Waals surface area contributed by atoms with Crippen molar-refractivity contribution in [3.63, 3.8) is 0 Å². The minimum absolute atomic E-state index is 0. The summed E-state index contributed by atoms with van der Waals surface area (Å²) in [5.74, 6) is 0. The van der Waals surface area contributed by atoms with Gasteiger partial charge in [0.15, 0.2) is 0 Å². The van der Waals surface area contributed by atoms with E-state index in [2.05, 4.69) is 36.7 Å². The van der Waals surface area contributed by atoms with E-state index >= 15 is 0 Å². The maximum Gasteiger partial charge on any atom is 0.0602 e. The molecule has 0 saturated carbocycles. The van der Waals surface area contributed by atoms with Gasteiger partial charge in [-0.05, 0) is 27.2 Å². The second kappa shape index (κ2) is 8.97. The molecule has 0 aliphatic heterocycles. The van der Waals surface area contributed by atoms with Crippen molar-refractivity contribution in [2.45, 2.75) is 27.2 Å². The molecule has 0 saturated heterocycles. The molecule has 12 heavy (non-hydrogen) atoms. The van der Waals surface area contributed by atoms with Crippen LogP contribution in [0, 0.1) is 0 Å². The van der Waals surface area contributed by atoms with Crippen LogP contribution in [0.1, 0.15) is 27.2 Å². The summed E-state index contributed by atoms with van der Waals surface area (Å²) in [4.78, 5) is 0. The van der Waals surface area contributed by atoms with Crippen LogP contribution in [0.25, 0.3) is 0 Å². The molecule has 0 aliphatic rings. The van der Waals surface area contributed by atoms with E-state index < -0.39 is 7.26 Å². The second-order valence-corrected chi connectivity index (χ2v) is 8.88. The minimum Gasteiger partial charge on any atom is -1.00 e. The Morgan fingerprint density at radius 3 is 1.67 bits per heavy atom. The molecule has 0 N–H and O–H groups in total. The molecular formula is C9H21Br2P. The Morgan fingerprint density at radius 1 is 1.00 bits per heavy atom. The van der Waals surface area contributed by atoms with Crippen LogP contribution in [0.15, 0.2) is 0 Å². The van der Waals surface area contributed by atoms with E-state index in [1.165, 1.54) is 36.4 Å². The normalized spacial score (nSPS) is 11.0. The van der Waals surface area contributed by atoms with Crippen molar-refractivity contribution in [2.75, 3.05) is 30.0 Å². The summed E-state index contributed by atoms with van der Waals surface area (Å²) in [5, 5.41) is 1.19. The van der Waals surface area contributed by atoms with E-state index in [0.717, 1.165) is 0 Å². The highest BCUT2D eigenvalue weighted by Crippen LogP contribution is 2.58. The van der Waals surface area contributed by atoms with Gasteiger partial charge in [-0.15, -0.1) is 0 Å². The third-order valence-electron chi connectivity index (χ3n) is 2.78. The minimum atomic E-state index is -0.485.